The van der Waals surface area contributed by atoms with Gasteiger partial charge in [0.2, 0.25) is 0 Å². The number of carbonyl (C=O) groups excluding carboxylic acids is 1. The van der Waals surface area contributed by atoms with Gasteiger partial charge in [-0.2, -0.15) is 0 Å². The molecule has 0 amide bonds. The zero-order valence-corrected chi connectivity index (χ0v) is 26.7. The molecule has 15 nitrogen and oxygen atoms in total. The number of non-ortho nitro benzene ring substituents is 1. The van der Waals surface area contributed by atoms with E-state index in [1.165, 1.54) is 29.4 Å². The SMILES string of the molecule is Cc1ccccc1N1CCN(CCC2(C(=O)O)C(C)NC(N)=C(C(=O)OC(C)C)C2c2cccc([N+](=O)[O-])c2)CC1.O=C(O)C(=O)O. The number of nitro benzene ring substituents is 1. The van der Waals surface area contributed by atoms with Crippen molar-refractivity contribution in [3.63, 3.8) is 0 Å². The number of benzene rings is 2. The summed E-state index contributed by atoms with van der Waals surface area (Å²) in [7, 11) is 0. The van der Waals surface area contributed by atoms with E-state index in [0.29, 0.717) is 12.1 Å². The van der Waals surface area contributed by atoms with Gasteiger partial charge in [0.05, 0.1) is 16.6 Å². The summed E-state index contributed by atoms with van der Waals surface area (Å²) in [6.45, 7) is 10.7. The molecule has 2 aliphatic rings. The molecule has 3 unspecified atom stereocenters. The van der Waals surface area contributed by atoms with Gasteiger partial charge in [-0.1, -0.05) is 30.3 Å². The second-order valence-electron chi connectivity index (χ2n) is 11.8. The van der Waals surface area contributed by atoms with E-state index in [9.17, 15) is 24.8 Å². The van der Waals surface area contributed by atoms with Crippen LogP contribution >= 0.6 is 0 Å². The zero-order valence-electron chi connectivity index (χ0n) is 26.7. The van der Waals surface area contributed by atoms with E-state index >= 15 is 0 Å². The molecule has 0 aliphatic carbocycles. The smallest absolute Gasteiger partial charge is 0.414 e. The maximum atomic E-state index is 13.4. The van der Waals surface area contributed by atoms with Crippen LogP contribution in [0.1, 0.15) is 44.2 Å². The Morgan fingerprint density at radius 3 is 2.19 bits per heavy atom. The minimum atomic E-state index is -1.82. The summed E-state index contributed by atoms with van der Waals surface area (Å²) in [5.74, 6) is -6.56. The summed E-state index contributed by atoms with van der Waals surface area (Å²) in [6.07, 6.45) is -0.295. The molecule has 0 aromatic heterocycles. The lowest BCUT2D eigenvalue weighted by Crippen LogP contribution is -2.59. The van der Waals surface area contributed by atoms with Crippen molar-refractivity contribution in [2.75, 3.05) is 37.6 Å². The van der Waals surface area contributed by atoms with E-state index in [0.717, 1.165) is 26.2 Å². The molecule has 0 saturated carbocycles. The quantitative estimate of drug-likeness (QED) is 0.113. The van der Waals surface area contributed by atoms with Crippen LogP contribution in [0.4, 0.5) is 11.4 Å². The van der Waals surface area contributed by atoms with E-state index in [1.807, 2.05) is 12.1 Å². The third-order valence-corrected chi connectivity index (χ3v) is 8.47. The lowest BCUT2D eigenvalue weighted by molar-refractivity contribution is -0.384. The van der Waals surface area contributed by atoms with E-state index < -0.39 is 52.3 Å². The Balaban J connectivity index is 0.000000913. The van der Waals surface area contributed by atoms with Crippen molar-refractivity contribution in [1.29, 1.82) is 0 Å². The van der Waals surface area contributed by atoms with Crippen molar-refractivity contribution in [3.8, 4) is 0 Å². The first-order valence-corrected chi connectivity index (χ1v) is 15.0. The largest absolute Gasteiger partial charge is 0.481 e. The number of nitro groups is 1. The highest BCUT2D eigenvalue weighted by molar-refractivity contribution is 6.27. The summed E-state index contributed by atoms with van der Waals surface area (Å²) in [4.78, 5) is 60.6. The zero-order chi connectivity index (χ0) is 35.1. The highest BCUT2D eigenvalue weighted by Gasteiger charge is 2.57. The van der Waals surface area contributed by atoms with E-state index in [1.54, 1.807) is 26.8 Å². The predicted molar refractivity (Wildman–Crippen MR) is 171 cm³/mol. The monoisotopic (exact) mass is 655 g/mol. The molecule has 4 rings (SSSR count). The lowest BCUT2D eigenvalue weighted by Gasteiger charge is -2.48. The van der Waals surface area contributed by atoms with Gasteiger partial charge in [-0.3, -0.25) is 19.8 Å². The van der Waals surface area contributed by atoms with Crippen molar-refractivity contribution >= 4 is 35.3 Å². The number of nitrogens with two attached hydrogens (primary N) is 1. The standard InChI is InChI=1S/C30H39N5O6.C2H2O4/c1-19(2)41-28(36)25-26(22-9-7-10-23(18-22)35(39)40)30(29(37)38,21(4)32-27(25)31)12-13-33-14-16-34(17-15-33)24-11-6-5-8-20(24)3;3-1(4)2(5)6/h5-11,18-19,21,26,32H,12-17,31H2,1-4H3,(H,37,38);(H,3,4)(H,5,6). The fraction of sp³-hybridized carbons (Fsp3) is 0.438. The van der Waals surface area contributed by atoms with Crippen molar-refractivity contribution in [2.24, 2.45) is 11.1 Å². The van der Waals surface area contributed by atoms with Gasteiger partial charge in [0, 0.05) is 56.0 Å². The Kier molecular flexibility index (Phi) is 11.9. The highest BCUT2D eigenvalue weighted by Crippen LogP contribution is 2.50. The van der Waals surface area contributed by atoms with Crippen LogP contribution in [0.25, 0.3) is 0 Å². The van der Waals surface area contributed by atoms with Crippen LogP contribution in [0.5, 0.6) is 0 Å². The van der Waals surface area contributed by atoms with Crippen LogP contribution in [0.2, 0.25) is 0 Å². The number of ether oxygens (including phenoxy) is 1. The molecule has 0 bridgehead atoms. The van der Waals surface area contributed by atoms with E-state index in [-0.39, 0.29) is 23.5 Å². The number of aliphatic carboxylic acids is 3. The van der Waals surface area contributed by atoms with Crippen LogP contribution in [0, 0.1) is 22.5 Å². The fourth-order valence-electron chi connectivity index (χ4n) is 6.14. The number of hydrogen-bond acceptors (Lipinski definition) is 11. The maximum absolute atomic E-state index is 13.4. The Morgan fingerprint density at radius 2 is 1.66 bits per heavy atom. The molecule has 2 heterocycles. The molecule has 2 aromatic rings. The first-order valence-electron chi connectivity index (χ1n) is 15.0. The van der Waals surface area contributed by atoms with Gasteiger partial charge in [-0.05, 0) is 57.9 Å². The van der Waals surface area contributed by atoms with E-state index in [2.05, 4.69) is 34.2 Å². The normalized spacial score (nSPS) is 21.3. The number of hydrogen-bond donors (Lipinski definition) is 5. The van der Waals surface area contributed by atoms with Crippen LogP contribution in [0.3, 0.4) is 0 Å². The lowest BCUT2D eigenvalue weighted by atomic mass is 9.61. The van der Waals surface area contributed by atoms with Gasteiger partial charge >= 0.3 is 23.9 Å². The number of carbonyl (C=O) groups is 4. The molecule has 3 atom stereocenters. The average molecular weight is 656 g/mol. The molecule has 1 fully saturated rings. The Bertz CT molecular complexity index is 1520. The molecule has 2 aliphatic heterocycles. The van der Waals surface area contributed by atoms with Crippen molar-refractivity contribution in [1.82, 2.24) is 10.2 Å². The van der Waals surface area contributed by atoms with Crippen LogP contribution < -0.4 is 16.0 Å². The summed E-state index contributed by atoms with van der Waals surface area (Å²) >= 11 is 0. The molecule has 1 saturated heterocycles. The van der Waals surface area contributed by atoms with Crippen molar-refractivity contribution < 1.29 is 44.2 Å². The first-order chi connectivity index (χ1) is 22.1. The fourth-order valence-corrected chi connectivity index (χ4v) is 6.14. The topological polar surface area (TPSA) is 226 Å². The molecule has 0 spiro atoms. The molecule has 47 heavy (non-hydrogen) atoms. The molecular weight excluding hydrogens is 614 g/mol. The number of para-hydroxylation sites is 1. The van der Waals surface area contributed by atoms with Crippen LogP contribution in [0.15, 0.2) is 59.9 Å². The summed E-state index contributed by atoms with van der Waals surface area (Å²) in [5, 5.41) is 40.3. The van der Waals surface area contributed by atoms with Crippen molar-refractivity contribution in [2.45, 2.75) is 52.2 Å². The third kappa shape index (κ3) is 8.35. The number of anilines is 1. The number of nitrogens with one attached hydrogen (secondary N) is 1. The number of piperazine rings is 1. The molecule has 6 N–H and O–H groups in total. The number of rotatable bonds is 9. The minimum Gasteiger partial charge on any atom is -0.481 e. The molecule has 254 valence electrons. The number of carboxylic acids is 3. The number of nitrogens with zero attached hydrogens (tertiary/aromatic N) is 3. The number of aryl methyl sites for hydroxylation is 1. The van der Waals surface area contributed by atoms with Gasteiger partial charge in [-0.15, -0.1) is 0 Å². The van der Waals surface area contributed by atoms with E-state index in [4.69, 9.17) is 30.3 Å². The Hall–Kier alpha value is -5.18. The van der Waals surface area contributed by atoms with Gasteiger partial charge in [0.15, 0.2) is 0 Å². The molecular formula is C32H41N5O10. The summed E-state index contributed by atoms with van der Waals surface area (Å²) in [5.41, 5.74) is 7.30. The highest BCUT2D eigenvalue weighted by atomic mass is 16.6. The third-order valence-electron chi connectivity index (χ3n) is 8.47. The maximum Gasteiger partial charge on any atom is 0.414 e. The van der Waals surface area contributed by atoms with Gasteiger partial charge in [0.1, 0.15) is 11.2 Å². The number of carboxylic acid groups (broad SMARTS) is 3. The predicted octanol–water partition coefficient (Wildman–Crippen LogP) is 2.54. The van der Waals surface area contributed by atoms with Gasteiger partial charge in [-0.25, -0.2) is 14.4 Å². The minimum absolute atomic E-state index is 0.0170. The van der Waals surface area contributed by atoms with Gasteiger partial charge < -0.3 is 36.0 Å². The second kappa shape index (κ2) is 15.4. The Labute approximate surface area is 271 Å². The summed E-state index contributed by atoms with van der Waals surface area (Å²) < 4.78 is 5.50. The molecule has 15 heteroatoms. The van der Waals surface area contributed by atoms with Crippen LogP contribution in [-0.4, -0.2) is 93.9 Å². The molecule has 0 radical (unpaired) electrons. The average Bonchev–Trinajstić information content (AvgIpc) is 3.00. The first kappa shape index (κ1) is 36.3. The summed E-state index contributed by atoms with van der Waals surface area (Å²) in [6, 6.07) is 13.3. The second-order valence-corrected chi connectivity index (χ2v) is 11.8. The Morgan fingerprint density at radius 1 is 1.04 bits per heavy atom. The number of esters is 1. The van der Waals surface area contributed by atoms with Gasteiger partial charge in [0.25, 0.3) is 5.69 Å². The molecule has 2 aromatic carbocycles. The van der Waals surface area contributed by atoms with Crippen LogP contribution in [-0.2, 0) is 23.9 Å². The van der Waals surface area contributed by atoms with Crippen molar-refractivity contribution in [3.05, 3.63) is 81.2 Å².